The third kappa shape index (κ3) is 4.66. The number of anilines is 1. The van der Waals surface area contributed by atoms with Crippen molar-refractivity contribution in [2.45, 2.75) is 39.2 Å². The summed E-state index contributed by atoms with van der Waals surface area (Å²) in [6.45, 7) is 5.27. The van der Waals surface area contributed by atoms with Crippen LogP contribution >= 0.6 is 11.3 Å². The summed E-state index contributed by atoms with van der Waals surface area (Å²) < 4.78 is 5.45. The second-order valence-corrected chi connectivity index (χ2v) is 9.54. The highest BCUT2D eigenvalue weighted by atomic mass is 32.1. The van der Waals surface area contributed by atoms with Crippen LogP contribution in [0.4, 0.5) is 5.69 Å². The fourth-order valence-corrected chi connectivity index (χ4v) is 5.37. The lowest BCUT2D eigenvalue weighted by Crippen LogP contribution is -2.41. The number of thiophene rings is 1. The Morgan fingerprint density at radius 3 is 2.65 bits per heavy atom. The first-order valence-corrected chi connectivity index (χ1v) is 11.7. The molecule has 2 saturated heterocycles. The van der Waals surface area contributed by atoms with Gasteiger partial charge in [0.05, 0.1) is 12.0 Å². The molecule has 7 heteroatoms. The van der Waals surface area contributed by atoms with E-state index in [2.05, 4.69) is 6.92 Å². The van der Waals surface area contributed by atoms with Gasteiger partial charge >= 0.3 is 5.97 Å². The van der Waals surface area contributed by atoms with Gasteiger partial charge in [0.15, 0.2) is 6.61 Å². The van der Waals surface area contributed by atoms with E-state index in [0.29, 0.717) is 19.0 Å². The van der Waals surface area contributed by atoms with E-state index >= 15 is 0 Å². The van der Waals surface area contributed by atoms with Gasteiger partial charge in [-0.2, -0.15) is 0 Å². The van der Waals surface area contributed by atoms with E-state index < -0.39 is 17.9 Å². The van der Waals surface area contributed by atoms with Gasteiger partial charge in [0.2, 0.25) is 5.91 Å². The molecular weight excluding hydrogens is 412 g/mol. The molecule has 1 aromatic carbocycles. The normalized spacial score (nSPS) is 23.8. The average molecular weight is 441 g/mol. The summed E-state index contributed by atoms with van der Waals surface area (Å²) >= 11 is 1.52. The number of amides is 2. The Bertz CT molecular complexity index is 941. The number of hydrogen-bond acceptors (Lipinski definition) is 5. The molecule has 3 atom stereocenters. The average Bonchev–Trinajstić information content (AvgIpc) is 3.40. The van der Waals surface area contributed by atoms with E-state index in [1.165, 1.54) is 11.3 Å². The third-order valence-electron chi connectivity index (χ3n) is 6.12. The molecule has 3 unspecified atom stereocenters. The molecule has 2 aliphatic heterocycles. The molecule has 0 saturated carbocycles. The van der Waals surface area contributed by atoms with Gasteiger partial charge in [-0.3, -0.25) is 14.4 Å². The molecule has 2 aromatic rings. The van der Waals surface area contributed by atoms with Gasteiger partial charge in [-0.1, -0.05) is 30.7 Å². The molecule has 0 spiro atoms. The highest BCUT2D eigenvalue weighted by Crippen LogP contribution is 2.43. The van der Waals surface area contributed by atoms with Crippen LogP contribution in [0.2, 0.25) is 0 Å². The Morgan fingerprint density at radius 2 is 1.97 bits per heavy atom. The SMILES string of the molecule is Cc1ccc(N2C(=O)CC(C(=O)OCC(=O)N3CCCC(C)C3)C2c2cccs2)cc1. The predicted molar refractivity (Wildman–Crippen MR) is 120 cm³/mol. The summed E-state index contributed by atoms with van der Waals surface area (Å²) in [7, 11) is 0. The Balaban J connectivity index is 1.50. The van der Waals surface area contributed by atoms with E-state index in [1.54, 1.807) is 9.80 Å². The van der Waals surface area contributed by atoms with Crippen molar-refractivity contribution in [2.24, 2.45) is 11.8 Å². The monoisotopic (exact) mass is 440 g/mol. The van der Waals surface area contributed by atoms with Crippen LogP contribution in [0.3, 0.4) is 0 Å². The third-order valence-corrected chi connectivity index (χ3v) is 7.06. The van der Waals surface area contributed by atoms with Crippen LogP contribution in [0.1, 0.15) is 42.7 Å². The number of piperidine rings is 1. The van der Waals surface area contributed by atoms with Crippen molar-refractivity contribution in [3.05, 3.63) is 52.2 Å². The number of carbonyl (C=O) groups excluding carboxylic acids is 3. The Hall–Kier alpha value is -2.67. The number of ether oxygens (including phenoxy) is 1. The van der Waals surface area contributed by atoms with Gasteiger partial charge in [0.25, 0.3) is 5.91 Å². The van der Waals surface area contributed by atoms with Crippen molar-refractivity contribution in [3.8, 4) is 0 Å². The smallest absolute Gasteiger partial charge is 0.312 e. The quantitative estimate of drug-likeness (QED) is 0.661. The van der Waals surface area contributed by atoms with Crippen LogP contribution in [-0.4, -0.2) is 42.4 Å². The number of nitrogens with zero attached hydrogens (tertiary/aromatic N) is 2. The molecule has 2 aliphatic rings. The molecule has 0 N–H and O–H groups in total. The zero-order valence-corrected chi connectivity index (χ0v) is 18.8. The van der Waals surface area contributed by atoms with Gasteiger partial charge in [-0.05, 0) is 49.3 Å². The molecule has 31 heavy (non-hydrogen) atoms. The summed E-state index contributed by atoms with van der Waals surface area (Å²) in [6, 6.07) is 11.2. The van der Waals surface area contributed by atoms with Crippen LogP contribution in [0.15, 0.2) is 41.8 Å². The van der Waals surface area contributed by atoms with E-state index in [0.717, 1.165) is 29.0 Å². The maximum absolute atomic E-state index is 13.0. The summed E-state index contributed by atoms with van der Waals surface area (Å²) in [5.74, 6) is -0.930. The Morgan fingerprint density at radius 1 is 1.19 bits per heavy atom. The number of rotatable bonds is 5. The number of esters is 1. The highest BCUT2D eigenvalue weighted by Gasteiger charge is 2.46. The standard InChI is InChI=1S/C24H28N2O4S/c1-16-7-9-18(10-8-16)26-21(27)13-19(23(26)20-6-4-12-31-20)24(29)30-15-22(28)25-11-3-5-17(2)14-25/h4,6-10,12,17,19,23H,3,5,11,13-15H2,1-2H3. The molecule has 2 amide bonds. The summed E-state index contributed by atoms with van der Waals surface area (Å²) in [5.41, 5.74) is 1.87. The van der Waals surface area contributed by atoms with Gasteiger partial charge in [-0.15, -0.1) is 11.3 Å². The zero-order chi connectivity index (χ0) is 22.0. The first kappa shape index (κ1) is 21.6. The molecule has 164 valence electrons. The molecule has 0 radical (unpaired) electrons. The predicted octanol–water partition coefficient (Wildman–Crippen LogP) is 3.95. The van der Waals surface area contributed by atoms with E-state index in [-0.39, 0.29) is 24.8 Å². The van der Waals surface area contributed by atoms with Gasteiger partial charge < -0.3 is 14.5 Å². The molecule has 2 fully saturated rings. The second kappa shape index (κ2) is 9.22. The molecule has 3 heterocycles. The van der Waals surface area contributed by atoms with Crippen molar-refractivity contribution >= 4 is 34.8 Å². The first-order chi connectivity index (χ1) is 14.9. The minimum absolute atomic E-state index is 0.0736. The molecular formula is C24H28N2O4S. The maximum atomic E-state index is 13.0. The zero-order valence-electron chi connectivity index (χ0n) is 18.0. The Kier molecular flexibility index (Phi) is 6.41. The first-order valence-electron chi connectivity index (χ1n) is 10.8. The maximum Gasteiger partial charge on any atom is 0.312 e. The lowest BCUT2D eigenvalue weighted by atomic mass is 9.98. The number of aryl methyl sites for hydroxylation is 1. The van der Waals surface area contributed by atoms with Crippen molar-refractivity contribution in [2.75, 3.05) is 24.6 Å². The van der Waals surface area contributed by atoms with Crippen LogP contribution < -0.4 is 4.90 Å². The van der Waals surface area contributed by atoms with Crippen molar-refractivity contribution in [3.63, 3.8) is 0 Å². The van der Waals surface area contributed by atoms with E-state index in [9.17, 15) is 14.4 Å². The van der Waals surface area contributed by atoms with Crippen LogP contribution in [0, 0.1) is 18.8 Å². The summed E-state index contributed by atoms with van der Waals surface area (Å²) in [6.07, 6.45) is 2.17. The minimum atomic E-state index is -0.638. The highest BCUT2D eigenvalue weighted by molar-refractivity contribution is 7.10. The van der Waals surface area contributed by atoms with Crippen LogP contribution in [0.25, 0.3) is 0 Å². The summed E-state index contributed by atoms with van der Waals surface area (Å²) in [4.78, 5) is 42.9. The number of carbonyl (C=O) groups is 3. The van der Waals surface area contributed by atoms with Gasteiger partial charge in [0.1, 0.15) is 0 Å². The van der Waals surface area contributed by atoms with Crippen molar-refractivity contribution in [1.82, 2.24) is 4.90 Å². The van der Waals surface area contributed by atoms with Crippen molar-refractivity contribution < 1.29 is 19.1 Å². The molecule has 0 bridgehead atoms. The van der Waals surface area contributed by atoms with Gasteiger partial charge in [-0.25, -0.2) is 0 Å². The lowest BCUT2D eigenvalue weighted by molar-refractivity contribution is -0.156. The number of hydrogen-bond donors (Lipinski definition) is 0. The Labute approximate surface area is 186 Å². The van der Waals surface area contributed by atoms with Crippen LogP contribution in [-0.2, 0) is 19.1 Å². The molecule has 6 nitrogen and oxygen atoms in total. The van der Waals surface area contributed by atoms with E-state index in [1.807, 2.05) is 48.7 Å². The second-order valence-electron chi connectivity index (χ2n) is 8.57. The molecule has 1 aromatic heterocycles. The summed E-state index contributed by atoms with van der Waals surface area (Å²) in [5, 5.41) is 1.94. The molecule has 4 rings (SSSR count). The fourth-order valence-electron chi connectivity index (χ4n) is 4.49. The van der Waals surface area contributed by atoms with Gasteiger partial charge in [0, 0.05) is 30.1 Å². The lowest BCUT2D eigenvalue weighted by Gasteiger charge is -2.31. The number of likely N-dealkylation sites (tertiary alicyclic amines) is 1. The fraction of sp³-hybridized carbons (Fsp3) is 0.458. The number of benzene rings is 1. The van der Waals surface area contributed by atoms with Crippen molar-refractivity contribution in [1.29, 1.82) is 0 Å². The topological polar surface area (TPSA) is 66.9 Å². The van der Waals surface area contributed by atoms with Crippen LogP contribution in [0.5, 0.6) is 0 Å². The molecule has 0 aliphatic carbocycles. The largest absolute Gasteiger partial charge is 0.455 e. The van der Waals surface area contributed by atoms with E-state index in [4.69, 9.17) is 4.74 Å². The minimum Gasteiger partial charge on any atom is -0.455 e.